The fourth-order valence-corrected chi connectivity index (χ4v) is 3.10. The third-order valence-corrected chi connectivity index (χ3v) is 4.79. The largest absolute Gasteiger partial charge is 0.350 e. The van der Waals surface area contributed by atoms with E-state index in [-0.39, 0.29) is 11.6 Å². The molecule has 1 aliphatic heterocycles. The van der Waals surface area contributed by atoms with Gasteiger partial charge in [0.1, 0.15) is 5.69 Å². The first-order chi connectivity index (χ1) is 12.9. The van der Waals surface area contributed by atoms with Crippen molar-refractivity contribution in [2.75, 3.05) is 38.5 Å². The van der Waals surface area contributed by atoms with Crippen LogP contribution in [-0.4, -0.2) is 53.9 Å². The fraction of sp³-hybridized carbons (Fsp3) is 0.350. The van der Waals surface area contributed by atoms with Gasteiger partial charge in [0.05, 0.1) is 11.3 Å². The number of hydrogen-bond acceptors (Lipinski definition) is 5. The Hall–Kier alpha value is -2.93. The Balaban J connectivity index is 1.64. The van der Waals surface area contributed by atoms with Gasteiger partial charge in [0, 0.05) is 37.9 Å². The molecule has 1 heterocycles. The summed E-state index contributed by atoms with van der Waals surface area (Å²) in [4.78, 5) is 27.4. The molecule has 1 amide bonds. The molecule has 0 radical (unpaired) electrons. The Morgan fingerprint density at radius 3 is 2.41 bits per heavy atom. The summed E-state index contributed by atoms with van der Waals surface area (Å²) in [6.07, 6.45) is 0.370. The van der Waals surface area contributed by atoms with Gasteiger partial charge in [0.15, 0.2) is 0 Å². The van der Waals surface area contributed by atoms with E-state index in [1.54, 1.807) is 12.1 Å². The maximum absolute atomic E-state index is 12.4. The first kappa shape index (κ1) is 18.8. The SMILES string of the molecule is Cc1ccc(Nc2ccc(CC(=O)N3CCN(C)CC3)cc2)c([N+](=O)[O-])c1. The van der Waals surface area contributed by atoms with Gasteiger partial charge < -0.3 is 15.1 Å². The first-order valence-electron chi connectivity index (χ1n) is 9.00. The maximum Gasteiger partial charge on any atom is 0.292 e. The number of nitro benzene ring substituents is 1. The lowest BCUT2D eigenvalue weighted by molar-refractivity contribution is -0.384. The van der Waals surface area contributed by atoms with Crippen LogP contribution in [0.5, 0.6) is 0 Å². The zero-order valence-corrected chi connectivity index (χ0v) is 15.6. The Labute approximate surface area is 158 Å². The molecule has 0 unspecified atom stereocenters. The zero-order chi connectivity index (χ0) is 19.4. The van der Waals surface area contributed by atoms with Crippen LogP contribution < -0.4 is 5.32 Å². The summed E-state index contributed by atoms with van der Waals surface area (Å²) in [6.45, 7) is 5.18. The molecule has 2 aromatic carbocycles. The van der Waals surface area contributed by atoms with Gasteiger partial charge in [0.2, 0.25) is 5.91 Å². The predicted molar refractivity (Wildman–Crippen MR) is 105 cm³/mol. The summed E-state index contributed by atoms with van der Waals surface area (Å²) >= 11 is 0. The number of anilines is 2. The van der Waals surface area contributed by atoms with Crippen molar-refractivity contribution in [1.82, 2.24) is 9.80 Å². The number of benzene rings is 2. The summed E-state index contributed by atoms with van der Waals surface area (Å²) in [7, 11) is 2.06. The normalized spacial score (nSPS) is 14.8. The molecule has 1 fully saturated rings. The minimum atomic E-state index is -0.390. The molecule has 3 rings (SSSR count). The highest BCUT2D eigenvalue weighted by molar-refractivity contribution is 5.79. The van der Waals surface area contributed by atoms with E-state index in [1.807, 2.05) is 42.2 Å². The minimum absolute atomic E-state index is 0.0457. The quantitative estimate of drug-likeness (QED) is 0.648. The molecule has 0 saturated carbocycles. The number of carbonyl (C=O) groups excluding carboxylic acids is 1. The van der Waals surface area contributed by atoms with E-state index in [2.05, 4.69) is 17.3 Å². The molecule has 7 nitrogen and oxygen atoms in total. The highest BCUT2D eigenvalue weighted by Gasteiger charge is 2.19. The van der Waals surface area contributed by atoms with Crippen LogP contribution in [-0.2, 0) is 11.2 Å². The number of nitrogens with zero attached hydrogens (tertiary/aromatic N) is 3. The summed E-state index contributed by atoms with van der Waals surface area (Å²) in [5.41, 5.74) is 3.02. The molecule has 0 atom stereocenters. The van der Waals surface area contributed by atoms with E-state index >= 15 is 0 Å². The summed E-state index contributed by atoms with van der Waals surface area (Å²) in [5.74, 6) is 0.137. The summed E-state index contributed by atoms with van der Waals surface area (Å²) in [5, 5.41) is 14.3. The van der Waals surface area contributed by atoms with Crippen molar-refractivity contribution in [3.05, 3.63) is 63.7 Å². The number of piperazine rings is 1. The third-order valence-electron chi connectivity index (χ3n) is 4.79. The van der Waals surface area contributed by atoms with Crippen molar-refractivity contribution in [3.8, 4) is 0 Å². The van der Waals surface area contributed by atoms with Crippen molar-refractivity contribution in [1.29, 1.82) is 0 Å². The van der Waals surface area contributed by atoms with Gasteiger partial charge in [-0.2, -0.15) is 0 Å². The van der Waals surface area contributed by atoms with Crippen LogP contribution in [0.3, 0.4) is 0 Å². The highest BCUT2D eigenvalue weighted by atomic mass is 16.6. The van der Waals surface area contributed by atoms with Crippen molar-refractivity contribution in [2.45, 2.75) is 13.3 Å². The average molecular weight is 368 g/mol. The lowest BCUT2D eigenvalue weighted by Crippen LogP contribution is -2.47. The topological polar surface area (TPSA) is 78.7 Å². The number of rotatable bonds is 5. The van der Waals surface area contributed by atoms with Crippen molar-refractivity contribution in [2.24, 2.45) is 0 Å². The summed E-state index contributed by atoms with van der Waals surface area (Å²) < 4.78 is 0. The lowest BCUT2D eigenvalue weighted by atomic mass is 10.1. The smallest absolute Gasteiger partial charge is 0.292 e. The Morgan fingerprint density at radius 1 is 1.11 bits per heavy atom. The minimum Gasteiger partial charge on any atom is -0.350 e. The molecule has 0 bridgehead atoms. The Kier molecular flexibility index (Phi) is 5.71. The molecule has 2 aromatic rings. The molecule has 1 aliphatic rings. The van der Waals surface area contributed by atoms with Crippen LogP contribution in [0.15, 0.2) is 42.5 Å². The van der Waals surface area contributed by atoms with E-state index in [0.717, 1.165) is 43.0 Å². The van der Waals surface area contributed by atoms with E-state index in [1.165, 1.54) is 0 Å². The summed E-state index contributed by atoms with van der Waals surface area (Å²) in [6, 6.07) is 12.5. The van der Waals surface area contributed by atoms with E-state index < -0.39 is 4.92 Å². The third kappa shape index (κ3) is 4.83. The molecule has 142 valence electrons. The first-order valence-corrected chi connectivity index (χ1v) is 9.00. The molecular weight excluding hydrogens is 344 g/mol. The van der Waals surface area contributed by atoms with E-state index in [9.17, 15) is 14.9 Å². The van der Waals surface area contributed by atoms with Crippen LogP contribution in [0, 0.1) is 17.0 Å². The second kappa shape index (κ2) is 8.18. The van der Waals surface area contributed by atoms with Crippen LogP contribution >= 0.6 is 0 Å². The van der Waals surface area contributed by atoms with Crippen LogP contribution in [0.2, 0.25) is 0 Å². The second-order valence-electron chi connectivity index (χ2n) is 6.96. The number of carbonyl (C=O) groups is 1. The monoisotopic (exact) mass is 368 g/mol. The predicted octanol–water partition coefficient (Wildman–Crippen LogP) is 2.96. The Bertz CT molecular complexity index is 828. The standard InChI is InChI=1S/C20H24N4O3/c1-15-3-8-18(19(13-15)24(26)27)21-17-6-4-16(5-7-17)14-20(25)23-11-9-22(2)10-12-23/h3-8,13,21H,9-12,14H2,1-2H3. The van der Waals surface area contributed by atoms with E-state index in [0.29, 0.717) is 12.1 Å². The molecule has 7 heteroatoms. The number of hydrogen-bond donors (Lipinski definition) is 1. The number of likely N-dealkylation sites (N-methyl/N-ethyl adjacent to an activating group) is 1. The zero-order valence-electron chi connectivity index (χ0n) is 15.6. The molecule has 27 heavy (non-hydrogen) atoms. The Morgan fingerprint density at radius 2 is 1.78 bits per heavy atom. The van der Waals surface area contributed by atoms with Crippen molar-refractivity contribution in [3.63, 3.8) is 0 Å². The highest BCUT2D eigenvalue weighted by Crippen LogP contribution is 2.28. The van der Waals surface area contributed by atoms with Crippen molar-refractivity contribution < 1.29 is 9.72 Å². The van der Waals surface area contributed by atoms with Gasteiger partial charge in [0.25, 0.3) is 5.69 Å². The van der Waals surface area contributed by atoms with Crippen LogP contribution in [0.1, 0.15) is 11.1 Å². The molecule has 1 N–H and O–H groups in total. The second-order valence-corrected chi connectivity index (χ2v) is 6.96. The number of nitrogens with one attached hydrogen (secondary N) is 1. The molecule has 0 aromatic heterocycles. The average Bonchev–Trinajstić information content (AvgIpc) is 2.65. The number of amides is 1. The fourth-order valence-electron chi connectivity index (χ4n) is 3.10. The van der Waals surface area contributed by atoms with Crippen LogP contribution in [0.25, 0.3) is 0 Å². The molecular formula is C20H24N4O3. The molecule has 0 aliphatic carbocycles. The van der Waals surface area contributed by atoms with Gasteiger partial charge in [-0.15, -0.1) is 0 Å². The number of nitro groups is 1. The number of aryl methyl sites for hydroxylation is 1. The van der Waals surface area contributed by atoms with Gasteiger partial charge in [-0.05, 0) is 43.3 Å². The molecule has 0 spiro atoms. The van der Waals surface area contributed by atoms with Crippen LogP contribution in [0.4, 0.5) is 17.1 Å². The molecule has 1 saturated heterocycles. The van der Waals surface area contributed by atoms with Gasteiger partial charge in [-0.3, -0.25) is 14.9 Å². The van der Waals surface area contributed by atoms with Gasteiger partial charge in [-0.25, -0.2) is 0 Å². The van der Waals surface area contributed by atoms with Gasteiger partial charge >= 0.3 is 0 Å². The van der Waals surface area contributed by atoms with Gasteiger partial charge in [-0.1, -0.05) is 18.2 Å². The maximum atomic E-state index is 12.4. The lowest BCUT2D eigenvalue weighted by Gasteiger charge is -2.32. The van der Waals surface area contributed by atoms with Crippen molar-refractivity contribution >= 4 is 23.0 Å². The van der Waals surface area contributed by atoms with E-state index in [4.69, 9.17) is 0 Å².